The molecule has 1 aromatic carbocycles. The van der Waals surface area contributed by atoms with E-state index in [0.29, 0.717) is 24.1 Å². The Morgan fingerprint density at radius 1 is 0.826 bits per heavy atom. The number of imidazole rings is 1. The molecule has 3 rings (SSSR count). The smallest absolute Gasteiger partial charge is 0.326 e. The molecule has 1 fully saturated rings. The van der Waals surface area contributed by atoms with Crippen LogP contribution >= 0.6 is 0 Å². The van der Waals surface area contributed by atoms with Crippen LogP contribution in [-0.2, 0) is 51.2 Å². The van der Waals surface area contributed by atoms with E-state index in [1.165, 1.54) is 31.3 Å². The van der Waals surface area contributed by atoms with Crippen LogP contribution in [0.25, 0.3) is 0 Å². The number of likely N-dealkylation sites (tertiary alicyclic amines) is 1. The van der Waals surface area contributed by atoms with E-state index in [9.17, 15) is 48.6 Å². The lowest BCUT2D eigenvalue weighted by molar-refractivity contribution is -0.145. The topological polar surface area (TPSA) is 372 Å². The molecule has 2 aromatic rings. The molecule has 0 spiro atoms. The Labute approximate surface area is 402 Å². The van der Waals surface area contributed by atoms with Gasteiger partial charge in [-0.1, -0.05) is 64.4 Å². The first kappa shape index (κ1) is 56.7. The number of amides is 7. The highest BCUT2D eigenvalue weighted by Gasteiger charge is 2.41. The Bertz CT molecular complexity index is 2060. The van der Waals surface area contributed by atoms with Crippen molar-refractivity contribution in [1.29, 1.82) is 0 Å². The minimum absolute atomic E-state index is 0.0164. The summed E-state index contributed by atoms with van der Waals surface area (Å²) in [6.07, 6.45) is 4.26. The lowest BCUT2D eigenvalue weighted by atomic mass is 9.96. The van der Waals surface area contributed by atoms with E-state index in [4.69, 9.17) is 17.2 Å². The van der Waals surface area contributed by atoms with E-state index in [-0.39, 0.29) is 70.6 Å². The average Bonchev–Trinajstić information content (AvgIpc) is 4.01. The molecule has 1 saturated heterocycles. The van der Waals surface area contributed by atoms with Crippen molar-refractivity contribution in [2.24, 2.45) is 34.0 Å². The number of H-pyrrole nitrogens is 1. The summed E-state index contributed by atoms with van der Waals surface area (Å²) in [6.45, 7) is 9.76. The van der Waals surface area contributed by atoms with Crippen LogP contribution in [0.2, 0.25) is 0 Å². The monoisotopic (exact) mass is 968 g/mol. The van der Waals surface area contributed by atoms with Crippen LogP contribution in [0.15, 0.2) is 47.8 Å². The maximum absolute atomic E-state index is 14.4. The number of aliphatic imine (C=N–C) groups is 1. The van der Waals surface area contributed by atoms with Crippen molar-refractivity contribution >= 4 is 53.3 Å². The number of hydrogen-bond donors (Lipinski definition) is 12. The van der Waals surface area contributed by atoms with Gasteiger partial charge >= 0.3 is 5.97 Å². The average molecular weight is 968 g/mol. The third-order valence-corrected chi connectivity index (χ3v) is 11.8. The summed E-state index contributed by atoms with van der Waals surface area (Å²) in [5, 5.41) is 35.8. The number of aliphatic hydroxyl groups excluding tert-OH is 1. The maximum Gasteiger partial charge on any atom is 0.326 e. The number of rotatable bonds is 28. The summed E-state index contributed by atoms with van der Waals surface area (Å²) < 4.78 is 0. The summed E-state index contributed by atoms with van der Waals surface area (Å²) in [4.78, 5) is 122. The maximum atomic E-state index is 14.4. The van der Waals surface area contributed by atoms with Gasteiger partial charge in [-0.25, -0.2) is 9.78 Å². The predicted octanol–water partition coefficient (Wildman–Crippen LogP) is -1.56. The van der Waals surface area contributed by atoms with E-state index in [1.807, 2.05) is 0 Å². The van der Waals surface area contributed by atoms with Crippen molar-refractivity contribution < 1.29 is 48.6 Å². The van der Waals surface area contributed by atoms with Crippen molar-refractivity contribution in [2.45, 2.75) is 147 Å². The highest BCUT2D eigenvalue weighted by atomic mass is 16.4. The van der Waals surface area contributed by atoms with Gasteiger partial charge in [0.25, 0.3) is 0 Å². The van der Waals surface area contributed by atoms with Crippen LogP contribution in [0.1, 0.15) is 97.7 Å². The fraction of sp³-hybridized carbons (Fsp3) is 0.609. The number of aromatic amines is 1. The number of carbonyl (C=O) groups is 8. The fourth-order valence-corrected chi connectivity index (χ4v) is 7.59. The Balaban J connectivity index is 1.84. The molecule has 1 aliphatic rings. The molecule has 2 heterocycles. The fourth-order valence-electron chi connectivity index (χ4n) is 7.59. The van der Waals surface area contributed by atoms with E-state index in [0.717, 1.165) is 0 Å². The van der Waals surface area contributed by atoms with Gasteiger partial charge in [-0.15, -0.1) is 0 Å². The number of guanidine groups is 1. The van der Waals surface area contributed by atoms with Crippen molar-refractivity contribution in [3.8, 4) is 0 Å². The number of carbonyl (C=O) groups excluding carboxylic acids is 7. The highest BCUT2D eigenvalue weighted by Crippen LogP contribution is 2.21. The molecule has 23 nitrogen and oxygen atoms in total. The van der Waals surface area contributed by atoms with Gasteiger partial charge in [0.05, 0.1) is 11.9 Å². The lowest BCUT2D eigenvalue weighted by Gasteiger charge is -2.32. The van der Waals surface area contributed by atoms with E-state index < -0.39 is 107 Å². The summed E-state index contributed by atoms with van der Waals surface area (Å²) >= 11 is 0. The summed E-state index contributed by atoms with van der Waals surface area (Å²) in [5.74, 6) is -7.31. The normalized spacial score (nSPS) is 16.7. The van der Waals surface area contributed by atoms with E-state index in [2.05, 4.69) is 46.9 Å². The van der Waals surface area contributed by atoms with Gasteiger partial charge in [0.2, 0.25) is 41.4 Å². The minimum atomic E-state index is -1.34. The number of aliphatic carboxylic acids is 1. The van der Waals surface area contributed by atoms with Crippen LogP contribution in [-0.4, -0.2) is 146 Å². The molecule has 1 aliphatic heterocycles. The number of nitrogens with one attached hydrogen (secondary N) is 7. The Hall–Kier alpha value is -6.62. The van der Waals surface area contributed by atoms with Gasteiger partial charge < -0.3 is 69.2 Å². The second-order valence-corrected chi connectivity index (χ2v) is 18.3. The van der Waals surface area contributed by atoms with Crippen molar-refractivity contribution in [3.63, 3.8) is 0 Å². The number of carboxylic acids is 1. The molecule has 1 aromatic heterocycles. The van der Waals surface area contributed by atoms with Crippen molar-refractivity contribution in [1.82, 2.24) is 46.8 Å². The molecule has 8 atom stereocenters. The van der Waals surface area contributed by atoms with Crippen molar-refractivity contribution in [3.05, 3.63) is 54.1 Å². The molecule has 0 bridgehead atoms. The lowest BCUT2D eigenvalue weighted by Crippen LogP contribution is -2.62. The predicted molar refractivity (Wildman–Crippen MR) is 255 cm³/mol. The molecular formula is C46H73N13O10. The summed E-state index contributed by atoms with van der Waals surface area (Å²) in [7, 11) is 0. The SMILES string of the molecule is CC[C@H](C)[C@H](NC(=O)[C@H](CCCO)NC(=O)[C@@H](NC(=O)[C@H](CCCN=C(N)N)NC(=O)C(C)(C)N)C(C)C)C(=O)N[C@@H](Cc1cnc[nH]1)C(=O)N1CCC[C@H]1C(=O)N[C@@H](Cc1ccccc1)C(=O)O. The first-order chi connectivity index (χ1) is 32.6. The Morgan fingerprint density at radius 2 is 1.43 bits per heavy atom. The van der Waals surface area contributed by atoms with E-state index in [1.54, 1.807) is 58.0 Å². The number of hydrogen-bond acceptors (Lipinski definition) is 12. The Morgan fingerprint density at radius 3 is 2.00 bits per heavy atom. The number of benzene rings is 1. The highest BCUT2D eigenvalue weighted by molar-refractivity contribution is 5.98. The third kappa shape index (κ3) is 18.1. The number of aromatic nitrogens is 2. The third-order valence-electron chi connectivity index (χ3n) is 11.8. The molecule has 23 heteroatoms. The quantitative estimate of drug-likeness (QED) is 0.0261. The second kappa shape index (κ2) is 27.4. The number of carboxylic acid groups (broad SMARTS) is 1. The summed E-state index contributed by atoms with van der Waals surface area (Å²) in [6, 6.07) is 0.297. The van der Waals surface area contributed by atoms with Gasteiger partial charge in [-0.2, -0.15) is 0 Å². The summed E-state index contributed by atoms with van der Waals surface area (Å²) in [5.41, 5.74) is 16.7. The number of aliphatic hydroxyl groups is 1. The number of nitrogens with zero attached hydrogens (tertiary/aromatic N) is 3. The molecule has 0 saturated carbocycles. The van der Waals surface area contributed by atoms with Gasteiger partial charge in [0.1, 0.15) is 42.3 Å². The zero-order valence-corrected chi connectivity index (χ0v) is 40.5. The van der Waals surface area contributed by atoms with Gasteiger partial charge in [0, 0.05) is 44.4 Å². The van der Waals surface area contributed by atoms with Crippen LogP contribution in [0, 0.1) is 11.8 Å². The van der Waals surface area contributed by atoms with Crippen LogP contribution in [0.5, 0.6) is 0 Å². The van der Waals surface area contributed by atoms with Crippen LogP contribution < -0.4 is 49.1 Å². The first-order valence-electron chi connectivity index (χ1n) is 23.4. The first-order valence-corrected chi connectivity index (χ1v) is 23.4. The zero-order chi connectivity index (χ0) is 51.4. The number of nitrogens with two attached hydrogens (primary N) is 3. The molecule has 0 unspecified atom stereocenters. The molecule has 0 aliphatic carbocycles. The zero-order valence-electron chi connectivity index (χ0n) is 40.5. The minimum Gasteiger partial charge on any atom is -0.480 e. The largest absolute Gasteiger partial charge is 0.480 e. The van der Waals surface area contributed by atoms with Gasteiger partial charge in [-0.05, 0) is 69.8 Å². The second-order valence-electron chi connectivity index (χ2n) is 18.3. The van der Waals surface area contributed by atoms with Crippen LogP contribution in [0.3, 0.4) is 0 Å². The van der Waals surface area contributed by atoms with Gasteiger partial charge in [0.15, 0.2) is 5.96 Å². The Kier molecular flexibility index (Phi) is 22.5. The van der Waals surface area contributed by atoms with E-state index >= 15 is 0 Å². The van der Waals surface area contributed by atoms with Crippen molar-refractivity contribution in [2.75, 3.05) is 19.7 Å². The molecule has 15 N–H and O–H groups in total. The molecule has 7 amide bonds. The van der Waals surface area contributed by atoms with Crippen LogP contribution in [0.4, 0.5) is 0 Å². The molecular weight excluding hydrogens is 895 g/mol. The van der Waals surface area contributed by atoms with Gasteiger partial charge in [-0.3, -0.25) is 38.6 Å². The standard InChI is InChI=1S/C46H73N13O10/c1-7-27(4)36(58-37(61)30(17-13-21-60)53-40(64)35(26(2)3)57-38(62)31(16-11-19-51-45(47)48)56-44(69)46(5,6)49)41(65)54-32(23-29-24-50-25-52-29)42(66)59-20-12-18-34(59)39(63)55-33(43(67)68)22-28-14-9-8-10-15-28/h8-10,14-15,24-27,30-36,60H,7,11-13,16-23,49H2,1-6H3,(H,50,52)(H,53,64)(H,54,65)(H,55,63)(H,56,69)(H,57,62)(H,58,61)(H,67,68)(H4,47,48,51)/t27-,30-,31-,32-,33-,34-,35-,36-/m0/s1. The molecule has 69 heavy (non-hydrogen) atoms. The molecule has 382 valence electrons. The molecule has 0 radical (unpaired) electrons.